The Morgan fingerprint density at radius 2 is 2.47 bits per heavy atom. The fraction of sp³-hybridized carbons (Fsp3) is 0.182. The van der Waals surface area contributed by atoms with Crippen molar-refractivity contribution >= 4 is 17.2 Å². The van der Waals surface area contributed by atoms with Gasteiger partial charge in [0.2, 0.25) is 6.10 Å². The second-order valence-electron chi connectivity index (χ2n) is 3.74. The lowest BCUT2D eigenvalue weighted by molar-refractivity contribution is -0.125. The molecular weight excluding hydrogens is 238 g/mol. The Morgan fingerprint density at radius 1 is 1.65 bits per heavy atom. The van der Waals surface area contributed by atoms with E-state index in [-0.39, 0.29) is 0 Å². The maximum Gasteiger partial charge on any atom is 0.264 e. The molecule has 2 aromatic heterocycles. The summed E-state index contributed by atoms with van der Waals surface area (Å²) in [5, 5.41) is 0. The average molecular weight is 246 g/mol. The van der Waals surface area contributed by atoms with Gasteiger partial charge in [-0.05, 0) is 13.0 Å². The van der Waals surface area contributed by atoms with Crippen molar-refractivity contribution in [2.75, 3.05) is 0 Å². The predicted molar refractivity (Wildman–Crippen MR) is 61.5 cm³/mol. The van der Waals surface area contributed by atoms with Crippen LogP contribution in [0.1, 0.15) is 17.5 Å². The van der Waals surface area contributed by atoms with E-state index in [0.29, 0.717) is 11.4 Å². The molecule has 1 aliphatic heterocycles. The quantitative estimate of drug-likeness (QED) is 0.821. The van der Waals surface area contributed by atoms with Gasteiger partial charge in [-0.25, -0.2) is 4.98 Å². The van der Waals surface area contributed by atoms with Crippen LogP contribution in [0.15, 0.2) is 12.3 Å². The third-order valence-corrected chi connectivity index (χ3v) is 3.36. The van der Waals surface area contributed by atoms with Gasteiger partial charge in [0.25, 0.3) is 5.91 Å². The highest BCUT2D eigenvalue weighted by Gasteiger charge is 2.32. The Morgan fingerprint density at radius 3 is 3.24 bits per heavy atom. The minimum absolute atomic E-state index is 0.542. The molecule has 1 radical (unpaired) electrons. The maximum atomic E-state index is 11.3. The molecule has 2 aromatic rings. The first kappa shape index (κ1) is 10.2. The largest absolute Gasteiger partial charge is 0.472 e. The number of carbonyl (C=O) groups is 1. The van der Waals surface area contributed by atoms with E-state index in [4.69, 9.17) is 10.5 Å². The molecule has 0 aliphatic carbocycles. The standard InChI is InChI=1S/C11H8N3O2S/c1-5-2-6-7(3-13-5)16-9(11(12)15)8-10(6)17-4-14-8/h2-3,9H,1H3,(H2,12,15). The van der Waals surface area contributed by atoms with E-state index in [1.54, 1.807) is 6.20 Å². The van der Waals surface area contributed by atoms with Gasteiger partial charge in [0.15, 0.2) is 5.51 Å². The Hall–Kier alpha value is -1.95. The third kappa shape index (κ3) is 1.49. The molecule has 0 saturated carbocycles. The Labute approximate surface area is 101 Å². The number of nitrogens with two attached hydrogens (primary N) is 1. The van der Waals surface area contributed by atoms with Crippen molar-refractivity contribution in [1.82, 2.24) is 9.97 Å². The number of rotatable bonds is 1. The molecule has 1 amide bonds. The van der Waals surface area contributed by atoms with Crippen molar-refractivity contribution in [1.29, 1.82) is 0 Å². The van der Waals surface area contributed by atoms with Gasteiger partial charge in [-0.3, -0.25) is 9.78 Å². The Balaban J connectivity index is 2.23. The fourth-order valence-corrected chi connectivity index (χ4v) is 2.55. The van der Waals surface area contributed by atoms with Gasteiger partial charge in [0, 0.05) is 11.3 Å². The first-order valence-corrected chi connectivity index (χ1v) is 5.78. The number of primary amides is 1. The second-order valence-corrected chi connectivity index (χ2v) is 4.54. The molecule has 0 aromatic carbocycles. The highest BCUT2D eigenvalue weighted by Crippen LogP contribution is 2.43. The van der Waals surface area contributed by atoms with E-state index in [2.05, 4.69) is 15.5 Å². The van der Waals surface area contributed by atoms with E-state index < -0.39 is 12.0 Å². The molecule has 3 heterocycles. The number of carbonyl (C=O) groups excluding carboxylic acids is 1. The van der Waals surface area contributed by atoms with Crippen molar-refractivity contribution in [2.45, 2.75) is 13.0 Å². The van der Waals surface area contributed by atoms with Crippen LogP contribution in [0, 0.1) is 12.4 Å². The minimum atomic E-state index is -0.843. The van der Waals surface area contributed by atoms with Crippen LogP contribution in [0.4, 0.5) is 0 Å². The van der Waals surface area contributed by atoms with Crippen LogP contribution in [0.3, 0.4) is 0 Å². The van der Waals surface area contributed by atoms with Crippen LogP contribution < -0.4 is 10.5 Å². The van der Waals surface area contributed by atoms with Crippen LogP contribution in [0.25, 0.3) is 10.4 Å². The summed E-state index contributed by atoms with van der Waals surface area (Å²) in [5.74, 6) is 0.00123. The van der Waals surface area contributed by atoms with Crippen LogP contribution in [-0.2, 0) is 4.79 Å². The molecule has 5 nitrogen and oxygen atoms in total. The van der Waals surface area contributed by atoms with E-state index in [1.807, 2.05) is 13.0 Å². The van der Waals surface area contributed by atoms with Crippen molar-refractivity contribution in [3.05, 3.63) is 29.2 Å². The number of fused-ring (bicyclic) bond motifs is 3. The Bertz CT molecular complexity index is 609. The summed E-state index contributed by atoms with van der Waals surface area (Å²) in [6, 6.07) is 1.90. The molecule has 17 heavy (non-hydrogen) atoms. The first-order valence-electron chi connectivity index (χ1n) is 4.96. The summed E-state index contributed by atoms with van der Waals surface area (Å²) in [6.07, 6.45) is 0.757. The van der Waals surface area contributed by atoms with Crippen molar-refractivity contribution in [2.24, 2.45) is 5.73 Å². The zero-order chi connectivity index (χ0) is 12.0. The number of hydrogen-bond donors (Lipinski definition) is 1. The van der Waals surface area contributed by atoms with Gasteiger partial charge in [-0.1, -0.05) is 0 Å². The monoisotopic (exact) mass is 246 g/mol. The molecule has 6 heteroatoms. The molecule has 1 unspecified atom stereocenters. The Kier molecular flexibility index (Phi) is 2.12. The normalized spacial score (nSPS) is 16.9. The topological polar surface area (TPSA) is 78.1 Å². The molecule has 85 valence electrons. The number of thiazole rings is 1. The van der Waals surface area contributed by atoms with Gasteiger partial charge in [-0.2, -0.15) is 0 Å². The summed E-state index contributed by atoms with van der Waals surface area (Å²) in [5.41, 5.74) is 10.4. The van der Waals surface area contributed by atoms with Crippen molar-refractivity contribution in [3.8, 4) is 16.2 Å². The van der Waals surface area contributed by atoms with Gasteiger partial charge in [-0.15, -0.1) is 11.3 Å². The highest BCUT2D eigenvalue weighted by atomic mass is 32.1. The second kappa shape index (κ2) is 3.53. The summed E-state index contributed by atoms with van der Waals surface area (Å²) in [7, 11) is 0. The number of nitrogens with zero attached hydrogens (tertiary/aromatic N) is 2. The lowest BCUT2D eigenvalue weighted by atomic mass is 10.1. The van der Waals surface area contributed by atoms with Crippen LogP contribution in [-0.4, -0.2) is 15.9 Å². The van der Waals surface area contributed by atoms with Gasteiger partial charge in [0.1, 0.15) is 11.4 Å². The summed E-state index contributed by atoms with van der Waals surface area (Å²) < 4.78 is 5.52. The van der Waals surface area contributed by atoms with Crippen LogP contribution in [0.2, 0.25) is 0 Å². The molecular formula is C11H8N3O2S. The summed E-state index contributed by atoms with van der Waals surface area (Å²) in [4.78, 5) is 20.4. The van der Waals surface area contributed by atoms with Crippen LogP contribution >= 0.6 is 11.3 Å². The minimum Gasteiger partial charge on any atom is -0.472 e. The van der Waals surface area contributed by atoms with Crippen LogP contribution in [0.5, 0.6) is 5.75 Å². The van der Waals surface area contributed by atoms with Crippen molar-refractivity contribution < 1.29 is 9.53 Å². The number of aryl methyl sites for hydroxylation is 1. The van der Waals surface area contributed by atoms with E-state index >= 15 is 0 Å². The van der Waals surface area contributed by atoms with E-state index in [0.717, 1.165) is 16.1 Å². The predicted octanol–water partition coefficient (Wildman–Crippen LogP) is 1.23. The lowest BCUT2D eigenvalue weighted by Gasteiger charge is -2.22. The summed E-state index contributed by atoms with van der Waals surface area (Å²) in [6.45, 7) is 1.89. The molecule has 0 bridgehead atoms. The van der Waals surface area contributed by atoms with Gasteiger partial charge in [0.05, 0.1) is 11.1 Å². The third-order valence-electron chi connectivity index (χ3n) is 2.55. The summed E-state index contributed by atoms with van der Waals surface area (Å²) >= 11 is 1.35. The molecule has 1 aliphatic rings. The number of amides is 1. The van der Waals surface area contributed by atoms with E-state index in [9.17, 15) is 4.79 Å². The van der Waals surface area contributed by atoms with E-state index in [1.165, 1.54) is 11.3 Å². The SMILES string of the molecule is Cc1cc2c(cn1)OC(C(N)=O)c1n[c]sc1-2. The highest BCUT2D eigenvalue weighted by molar-refractivity contribution is 7.13. The number of hydrogen-bond acceptors (Lipinski definition) is 5. The molecule has 0 fully saturated rings. The van der Waals surface area contributed by atoms with Gasteiger partial charge >= 0.3 is 0 Å². The average Bonchev–Trinajstić information content (AvgIpc) is 2.76. The maximum absolute atomic E-state index is 11.3. The molecule has 0 spiro atoms. The number of ether oxygens (including phenoxy) is 1. The molecule has 3 rings (SSSR count). The number of pyridine rings is 1. The molecule has 1 atom stereocenters. The number of aromatic nitrogens is 2. The first-order chi connectivity index (χ1) is 8.16. The fourth-order valence-electron chi connectivity index (χ4n) is 1.79. The van der Waals surface area contributed by atoms with Gasteiger partial charge < -0.3 is 10.5 Å². The zero-order valence-corrected chi connectivity index (χ0v) is 9.75. The zero-order valence-electron chi connectivity index (χ0n) is 8.93. The molecule has 0 saturated heterocycles. The van der Waals surface area contributed by atoms with Crippen molar-refractivity contribution in [3.63, 3.8) is 0 Å². The lowest BCUT2D eigenvalue weighted by Crippen LogP contribution is -2.28. The molecule has 2 N–H and O–H groups in total. The smallest absolute Gasteiger partial charge is 0.264 e.